The Morgan fingerprint density at radius 3 is 2.33 bits per heavy atom. The summed E-state index contributed by atoms with van der Waals surface area (Å²) in [4.78, 5) is 16.1. The van der Waals surface area contributed by atoms with Gasteiger partial charge in [-0.05, 0) is 36.2 Å². The van der Waals surface area contributed by atoms with Gasteiger partial charge >= 0.3 is 6.09 Å². The van der Waals surface area contributed by atoms with Crippen LogP contribution < -0.4 is 10.6 Å². The highest BCUT2D eigenvalue weighted by Crippen LogP contribution is 2.23. The van der Waals surface area contributed by atoms with E-state index < -0.39 is 16.1 Å². The standard InChI is InChI=1S/C23H29N5O4S/c24-22(25)19-6-8-20(9-7-19)28-17-21(32-23(28)29)16-26-11-13-27(14-12-26)33(30,31)15-10-18-4-2-1-3-5-18/h1-9,21H,10-17H2,(H3,24,25). The number of nitrogens with one attached hydrogen (secondary N) is 1. The molecule has 0 saturated carbocycles. The number of nitrogens with zero attached hydrogens (tertiary/aromatic N) is 3. The third kappa shape index (κ3) is 5.70. The number of amides is 1. The van der Waals surface area contributed by atoms with Crippen LogP contribution in [0.1, 0.15) is 11.1 Å². The summed E-state index contributed by atoms with van der Waals surface area (Å²) in [5.41, 5.74) is 7.79. The molecule has 2 aromatic carbocycles. The molecule has 176 valence electrons. The summed E-state index contributed by atoms with van der Waals surface area (Å²) in [6.07, 6.45) is -0.186. The number of cyclic esters (lactones) is 1. The van der Waals surface area contributed by atoms with Crippen molar-refractivity contribution in [3.8, 4) is 0 Å². The van der Waals surface area contributed by atoms with Crippen molar-refractivity contribution >= 4 is 27.6 Å². The number of hydrogen-bond donors (Lipinski definition) is 2. The molecule has 0 bridgehead atoms. The van der Waals surface area contributed by atoms with Crippen molar-refractivity contribution in [2.24, 2.45) is 5.73 Å². The van der Waals surface area contributed by atoms with Gasteiger partial charge in [-0.15, -0.1) is 0 Å². The molecule has 0 spiro atoms. The van der Waals surface area contributed by atoms with Crippen LogP contribution >= 0.6 is 0 Å². The number of amidine groups is 1. The number of nitrogens with two attached hydrogens (primary N) is 1. The average molecular weight is 472 g/mol. The molecule has 0 aromatic heterocycles. The van der Waals surface area contributed by atoms with E-state index in [9.17, 15) is 13.2 Å². The van der Waals surface area contributed by atoms with Gasteiger partial charge in [-0.1, -0.05) is 30.3 Å². The minimum absolute atomic E-state index is 0.0235. The van der Waals surface area contributed by atoms with Crippen LogP contribution in [0.2, 0.25) is 0 Å². The number of sulfonamides is 1. The summed E-state index contributed by atoms with van der Waals surface area (Å²) in [7, 11) is -3.31. The second-order valence-electron chi connectivity index (χ2n) is 8.33. The third-order valence-electron chi connectivity index (χ3n) is 6.04. The lowest BCUT2D eigenvalue weighted by atomic mass is 10.2. The summed E-state index contributed by atoms with van der Waals surface area (Å²) in [6.45, 7) is 3.07. The molecule has 1 atom stereocenters. The lowest BCUT2D eigenvalue weighted by Crippen LogP contribution is -2.51. The van der Waals surface area contributed by atoms with E-state index in [1.807, 2.05) is 30.3 Å². The number of aryl methyl sites for hydroxylation is 1. The maximum atomic E-state index is 12.7. The number of carbonyl (C=O) groups is 1. The highest BCUT2D eigenvalue weighted by atomic mass is 32.2. The molecule has 33 heavy (non-hydrogen) atoms. The normalized spacial score (nSPS) is 20.1. The first kappa shape index (κ1) is 23.2. The number of piperazine rings is 1. The Morgan fingerprint density at radius 2 is 1.70 bits per heavy atom. The van der Waals surface area contributed by atoms with Crippen LogP contribution in [0.5, 0.6) is 0 Å². The van der Waals surface area contributed by atoms with Gasteiger partial charge in [-0.25, -0.2) is 13.2 Å². The topological polar surface area (TPSA) is 120 Å². The van der Waals surface area contributed by atoms with Crippen molar-refractivity contribution in [1.82, 2.24) is 9.21 Å². The fraction of sp³-hybridized carbons (Fsp3) is 0.391. The first-order chi connectivity index (χ1) is 15.8. The number of nitrogen functional groups attached to an aromatic ring is 1. The molecule has 10 heteroatoms. The van der Waals surface area contributed by atoms with E-state index in [2.05, 4.69) is 4.90 Å². The Balaban J connectivity index is 1.26. The minimum atomic E-state index is -3.31. The van der Waals surface area contributed by atoms with Crippen LogP contribution in [0.4, 0.5) is 10.5 Å². The smallest absolute Gasteiger partial charge is 0.414 e. The lowest BCUT2D eigenvalue weighted by Gasteiger charge is -2.34. The van der Waals surface area contributed by atoms with Crippen LogP contribution in [-0.4, -0.2) is 80.7 Å². The largest absolute Gasteiger partial charge is 0.443 e. The van der Waals surface area contributed by atoms with E-state index in [0.29, 0.717) is 56.9 Å². The number of ether oxygens (including phenoxy) is 1. The van der Waals surface area contributed by atoms with Crippen LogP contribution in [0.25, 0.3) is 0 Å². The van der Waals surface area contributed by atoms with E-state index in [1.54, 1.807) is 33.5 Å². The van der Waals surface area contributed by atoms with E-state index in [4.69, 9.17) is 15.9 Å². The quantitative estimate of drug-likeness (QED) is 0.445. The monoisotopic (exact) mass is 471 g/mol. The zero-order valence-corrected chi connectivity index (χ0v) is 19.2. The van der Waals surface area contributed by atoms with Crippen molar-refractivity contribution in [3.05, 3.63) is 65.7 Å². The summed E-state index contributed by atoms with van der Waals surface area (Å²) < 4.78 is 32.6. The summed E-state index contributed by atoms with van der Waals surface area (Å²) in [5, 5.41) is 7.47. The molecular formula is C23H29N5O4S. The Hall–Kier alpha value is -2.95. The molecule has 2 fully saturated rings. The molecule has 0 aliphatic carbocycles. The van der Waals surface area contributed by atoms with Crippen LogP contribution in [0, 0.1) is 5.41 Å². The SMILES string of the molecule is N=C(N)c1ccc(N2CC(CN3CCN(S(=O)(=O)CCc4ccccc4)CC3)OC2=O)cc1. The van der Waals surface area contributed by atoms with Gasteiger partial charge in [0.25, 0.3) is 0 Å². The molecule has 3 N–H and O–H groups in total. The Kier molecular flexibility index (Phi) is 6.96. The minimum Gasteiger partial charge on any atom is -0.443 e. The van der Waals surface area contributed by atoms with Gasteiger partial charge in [0.2, 0.25) is 10.0 Å². The van der Waals surface area contributed by atoms with Gasteiger partial charge in [-0.3, -0.25) is 15.2 Å². The second-order valence-corrected chi connectivity index (χ2v) is 10.4. The van der Waals surface area contributed by atoms with Gasteiger partial charge in [0, 0.05) is 44.0 Å². The third-order valence-corrected chi connectivity index (χ3v) is 7.91. The maximum absolute atomic E-state index is 12.7. The van der Waals surface area contributed by atoms with Crippen molar-refractivity contribution < 1.29 is 17.9 Å². The number of hydrogen-bond acceptors (Lipinski definition) is 6. The zero-order chi connectivity index (χ0) is 23.4. The summed E-state index contributed by atoms with van der Waals surface area (Å²) in [6, 6.07) is 16.5. The van der Waals surface area contributed by atoms with Crippen molar-refractivity contribution in [2.75, 3.05) is 49.9 Å². The first-order valence-corrected chi connectivity index (χ1v) is 12.6. The molecule has 4 rings (SSSR count). The Labute approximate surface area is 194 Å². The number of rotatable bonds is 8. The van der Waals surface area contributed by atoms with Crippen molar-refractivity contribution in [3.63, 3.8) is 0 Å². The van der Waals surface area contributed by atoms with E-state index in [0.717, 1.165) is 5.56 Å². The number of benzene rings is 2. The summed E-state index contributed by atoms with van der Waals surface area (Å²) >= 11 is 0. The fourth-order valence-electron chi connectivity index (χ4n) is 4.15. The fourth-order valence-corrected chi connectivity index (χ4v) is 5.62. The molecule has 2 heterocycles. The molecule has 2 saturated heterocycles. The second kappa shape index (κ2) is 9.90. The van der Waals surface area contributed by atoms with Gasteiger partial charge in [0.15, 0.2) is 0 Å². The Morgan fingerprint density at radius 1 is 1.03 bits per heavy atom. The molecule has 1 unspecified atom stereocenters. The van der Waals surface area contributed by atoms with Crippen LogP contribution in [0.3, 0.4) is 0 Å². The van der Waals surface area contributed by atoms with Crippen molar-refractivity contribution in [1.29, 1.82) is 5.41 Å². The number of carbonyl (C=O) groups excluding carboxylic acids is 1. The van der Waals surface area contributed by atoms with E-state index in [-0.39, 0.29) is 17.7 Å². The van der Waals surface area contributed by atoms with E-state index >= 15 is 0 Å². The van der Waals surface area contributed by atoms with Gasteiger partial charge in [-0.2, -0.15) is 4.31 Å². The highest BCUT2D eigenvalue weighted by Gasteiger charge is 2.35. The molecule has 2 aliphatic heterocycles. The molecule has 1 amide bonds. The van der Waals surface area contributed by atoms with Gasteiger partial charge in [0.05, 0.1) is 12.3 Å². The first-order valence-electron chi connectivity index (χ1n) is 11.0. The van der Waals surface area contributed by atoms with Gasteiger partial charge < -0.3 is 10.5 Å². The molecule has 9 nitrogen and oxygen atoms in total. The average Bonchev–Trinajstić information content (AvgIpc) is 3.18. The zero-order valence-electron chi connectivity index (χ0n) is 18.4. The van der Waals surface area contributed by atoms with Crippen LogP contribution in [0.15, 0.2) is 54.6 Å². The molecule has 2 aromatic rings. The van der Waals surface area contributed by atoms with Crippen LogP contribution in [-0.2, 0) is 21.2 Å². The predicted molar refractivity (Wildman–Crippen MR) is 127 cm³/mol. The predicted octanol–water partition coefficient (Wildman–Crippen LogP) is 1.49. The lowest BCUT2D eigenvalue weighted by molar-refractivity contribution is 0.0937. The maximum Gasteiger partial charge on any atom is 0.414 e. The van der Waals surface area contributed by atoms with Crippen molar-refractivity contribution in [2.45, 2.75) is 12.5 Å². The molecular weight excluding hydrogens is 442 g/mol. The number of anilines is 1. The molecule has 2 aliphatic rings. The Bertz CT molecular complexity index is 1080. The van der Waals surface area contributed by atoms with E-state index in [1.165, 1.54) is 0 Å². The summed E-state index contributed by atoms with van der Waals surface area (Å²) in [5.74, 6) is 0.0823. The van der Waals surface area contributed by atoms with Gasteiger partial charge in [0.1, 0.15) is 11.9 Å². The highest BCUT2D eigenvalue weighted by molar-refractivity contribution is 7.89. The molecule has 0 radical (unpaired) electrons.